The summed E-state index contributed by atoms with van der Waals surface area (Å²) in [6.07, 6.45) is 2.06. The second-order valence-electron chi connectivity index (χ2n) is 5.00. The van der Waals surface area contributed by atoms with Crippen molar-refractivity contribution in [3.05, 3.63) is 24.3 Å². The lowest BCUT2D eigenvalue weighted by atomic mass is 10.3. The molecule has 0 aliphatic carbocycles. The molecule has 1 aliphatic heterocycles. The summed E-state index contributed by atoms with van der Waals surface area (Å²) in [5.41, 5.74) is 0. The predicted octanol–water partition coefficient (Wildman–Crippen LogP) is 0.222. The molecule has 1 atom stereocenters. The zero-order valence-electron chi connectivity index (χ0n) is 12.6. The number of anilines is 1. The van der Waals surface area contributed by atoms with Gasteiger partial charge in [-0.2, -0.15) is 9.67 Å². The van der Waals surface area contributed by atoms with E-state index in [1.807, 2.05) is 4.90 Å². The molecule has 3 rings (SSSR count). The van der Waals surface area contributed by atoms with Crippen LogP contribution >= 0.6 is 0 Å². The van der Waals surface area contributed by atoms with Crippen molar-refractivity contribution in [3.63, 3.8) is 0 Å². The summed E-state index contributed by atoms with van der Waals surface area (Å²) in [5, 5.41) is 15.8. The Bertz CT molecular complexity index is 669. The number of amides is 1. The molecular weight excluding hydrogens is 302 g/mol. The van der Waals surface area contributed by atoms with E-state index in [1.165, 1.54) is 4.68 Å². The van der Waals surface area contributed by atoms with Gasteiger partial charge in [0.25, 0.3) is 5.95 Å². The van der Waals surface area contributed by atoms with Crippen molar-refractivity contribution in [3.8, 4) is 5.95 Å². The van der Waals surface area contributed by atoms with E-state index in [0.717, 1.165) is 0 Å². The number of carbonyl (C=O) groups is 1. The van der Waals surface area contributed by atoms with E-state index < -0.39 is 12.1 Å². The van der Waals surface area contributed by atoms with Gasteiger partial charge in [0, 0.05) is 25.5 Å². The van der Waals surface area contributed by atoms with Crippen LogP contribution in [0.3, 0.4) is 0 Å². The number of aromatic nitrogens is 5. The number of ether oxygens (including phenoxy) is 1. The summed E-state index contributed by atoms with van der Waals surface area (Å²) in [7, 11) is 0. The molecule has 0 bridgehead atoms. The van der Waals surface area contributed by atoms with Crippen LogP contribution in [0.25, 0.3) is 5.95 Å². The van der Waals surface area contributed by atoms with Crippen LogP contribution in [0.4, 0.5) is 10.7 Å². The number of hydrogen-bond acceptors (Lipinski definition) is 7. The van der Waals surface area contributed by atoms with Crippen LogP contribution < -0.4 is 10.2 Å². The lowest BCUT2D eigenvalue weighted by Crippen LogP contribution is -2.37. The second kappa shape index (κ2) is 6.57. The molecule has 2 aromatic heterocycles. The van der Waals surface area contributed by atoms with Crippen LogP contribution in [0, 0.1) is 0 Å². The fourth-order valence-corrected chi connectivity index (χ4v) is 2.29. The van der Waals surface area contributed by atoms with E-state index in [9.17, 15) is 4.79 Å². The zero-order valence-corrected chi connectivity index (χ0v) is 12.6. The molecule has 10 nitrogen and oxygen atoms in total. The Hall–Kier alpha value is -2.75. The highest BCUT2D eigenvalue weighted by atomic mass is 16.5. The number of nitrogens with zero attached hydrogens (tertiary/aromatic N) is 6. The number of rotatable bonds is 4. The lowest BCUT2D eigenvalue weighted by Gasteiger charge is -2.25. The number of hydrogen-bond donors (Lipinski definition) is 2. The SMILES string of the molecule is C[C@H](NC(=O)O)c1nc(N2CCOCC2)nn1-c1ncccn1. The molecule has 10 heteroatoms. The van der Waals surface area contributed by atoms with E-state index in [-0.39, 0.29) is 0 Å². The fourth-order valence-electron chi connectivity index (χ4n) is 2.29. The standard InChI is InChI=1S/C13H17N7O3/c1-9(16-13(21)22)10-17-12(19-5-7-23-8-6-19)18-20(10)11-14-3-2-4-15-11/h2-4,9,16H,5-8H2,1H3,(H,21,22)/t9-/m0/s1. The molecule has 1 aliphatic rings. The van der Waals surface area contributed by atoms with Gasteiger partial charge in [-0.05, 0) is 13.0 Å². The van der Waals surface area contributed by atoms with Crippen molar-refractivity contribution in [2.24, 2.45) is 0 Å². The zero-order chi connectivity index (χ0) is 16.2. The van der Waals surface area contributed by atoms with Crippen LogP contribution in [-0.4, -0.2) is 62.2 Å². The maximum Gasteiger partial charge on any atom is 0.405 e. The van der Waals surface area contributed by atoms with Crippen molar-refractivity contribution < 1.29 is 14.6 Å². The topological polar surface area (TPSA) is 118 Å². The first-order valence-corrected chi connectivity index (χ1v) is 7.21. The van der Waals surface area contributed by atoms with Gasteiger partial charge in [-0.25, -0.2) is 14.8 Å². The van der Waals surface area contributed by atoms with E-state index in [4.69, 9.17) is 9.84 Å². The molecule has 1 fully saturated rings. The average molecular weight is 319 g/mol. The molecule has 0 aromatic carbocycles. The van der Waals surface area contributed by atoms with Gasteiger partial charge in [0.1, 0.15) is 0 Å². The molecule has 1 amide bonds. The van der Waals surface area contributed by atoms with Crippen molar-refractivity contribution in [1.82, 2.24) is 30.0 Å². The van der Waals surface area contributed by atoms with E-state index in [2.05, 4.69) is 25.4 Å². The molecule has 0 unspecified atom stereocenters. The molecule has 0 saturated carbocycles. The Labute approximate surface area is 132 Å². The Morgan fingerprint density at radius 1 is 1.30 bits per heavy atom. The average Bonchev–Trinajstić information content (AvgIpc) is 3.01. The third-order valence-corrected chi connectivity index (χ3v) is 3.38. The largest absolute Gasteiger partial charge is 0.465 e. The molecule has 2 N–H and O–H groups in total. The number of nitrogens with one attached hydrogen (secondary N) is 1. The Morgan fingerprint density at radius 2 is 2.00 bits per heavy atom. The summed E-state index contributed by atoms with van der Waals surface area (Å²) in [4.78, 5) is 25.7. The summed E-state index contributed by atoms with van der Waals surface area (Å²) >= 11 is 0. The molecule has 2 aromatic rings. The molecule has 3 heterocycles. The third kappa shape index (κ3) is 3.37. The maximum atomic E-state index is 10.9. The van der Waals surface area contributed by atoms with Crippen LogP contribution in [0.2, 0.25) is 0 Å². The van der Waals surface area contributed by atoms with E-state index >= 15 is 0 Å². The first-order valence-electron chi connectivity index (χ1n) is 7.21. The van der Waals surface area contributed by atoms with Crippen molar-refractivity contribution in [1.29, 1.82) is 0 Å². The van der Waals surface area contributed by atoms with E-state index in [0.29, 0.717) is 44.0 Å². The second-order valence-corrected chi connectivity index (χ2v) is 5.00. The van der Waals surface area contributed by atoms with Gasteiger partial charge in [-0.1, -0.05) is 0 Å². The molecule has 23 heavy (non-hydrogen) atoms. The van der Waals surface area contributed by atoms with Gasteiger partial charge >= 0.3 is 6.09 Å². The minimum absolute atomic E-state index is 0.341. The summed E-state index contributed by atoms with van der Waals surface area (Å²) < 4.78 is 6.79. The fraction of sp³-hybridized carbons (Fsp3) is 0.462. The van der Waals surface area contributed by atoms with Gasteiger partial charge < -0.3 is 20.1 Å². The summed E-state index contributed by atoms with van der Waals surface area (Å²) in [6.45, 7) is 4.27. The maximum absolute atomic E-state index is 10.9. The first kappa shape index (κ1) is 15.2. The highest BCUT2D eigenvalue weighted by Gasteiger charge is 2.24. The van der Waals surface area contributed by atoms with Gasteiger partial charge in [-0.3, -0.25) is 0 Å². The molecule has 0 spiro atoms. The summed E-state index contributed by atoms with van der Waals surface area (Å²) in [5.74, 6) is 1.28. The van der Waals surface area contributed by atoms with Crippen LogP contribution in [0.1, 0.15) is 18.8 Å². The first-order chi connectivity index (χ1) is 11.1. The smallest absolute Gasteiger partial charge is 0.405 e. The normalized spacial score (nSPS) is 16.1. The van der Waals surface area contributed by atoms with Crippen molar-refractivity contribution >= 4 is 12.0 Å². The van der Waals surface area contributed by atoms with Gasteiger partial charge in [-0.15, -0.1) is 5.10 Å². The van der Waals surface area contributed by atoms with E-state index in [1.54, 1.807) is 25.4 Å². The molecule has 0 radical (unpaired) electrons. The number of morpholine rings is 1. The molecule has 1 saturated heterocycles. The van der Waals surface area contributed by atoms with Crippen molar-refractivity contribution in [2.45, 2.75) is 13.0 Å². The summed E-state index contributed by atoms with van der Waals surface area (Å²) in [6, 6.07) is 1.14. The quantitative estimate of drug-likeness (QED) is 0.821. The number of carboxylic acid groups (broad SMARTS) is 1. The Kier molecular flexibility index (Phi) is 4.33. The minimum atomic E-state index is -1.13. The minimum Gasteiger partial charge on any atom is -0.465 e. The lowest BCUT2D eigenvalue weighted by molar-refractivity contribution is 0.122. The van der Waals surface area contributed by atoms with Crippen LogP contribution in [0.15, 0.2) is 18.5 Å². The monoisotopic (exact) mass is 319 g/mol. The van der Waals surface area contributed by atoms with Crippen molar-refractivity contribution in [2.75, 3.05) is 31.2 Å². The van der Waals surface area contributed by atoms with Crippen LogP contribution in [-0.2, 0) is 4.74 Å². The third-order valence-electron chi connectivity index (χ3n) is 3.38. The molecular formula is C13H17N7O3. The van der Waals surface area contributed by atoms with Gasteiger partial charge in [0.05, 0.1) is 19.3 Å². The predicted molar refractivity (Wildman–Crippen MR) is 79.6 cm³/mol. The highest BCUT2D eigenvalue weighted by Crippen LogP contribution is 2.18. The highest BCUT2D eigenvalue weighted by molar-refractivity contribution is 5.65. The Balaban J connectivity index is 1.97. The van der Waals surface area contributed by atoms with Gasteiger partial charge in [0.15, 0.2) is 5.82 Å². The Morgan fingerprint density at radius 3 is 2.65 bits per heavy atom. The molecule has 122 valence electrons. The van der Waals surface area contributed by atoms with Crippen LogP contribution in [0.5, 0.6) is 0 Å². The van der Waals surface area contributed by atoms with Gasteiger partial charge in [0.2, 0.25) is 5.95 Å².